The standard InChI is InChI=1S/C41H51F2N3O6S/c1-40(2,3)52-39(48)45-25-32(46(27-41(26-45)20-21-41)53(49,50)33-9-5-4-6-10-33)16-17-34-30(8-7-11-35(34)43)24-36(47)38(44)37(29-18-22-51-23-19-29)28-12-14-31(42)15-13-28/h4-15,29,32,37-38H,16-27,44H2,1-3H3/t32-,37-,38+/m0/s1. The number of amides is 1. The van der Waals surface area contributed by atoms with Crippen LogP contribution in [0.25, 0.3) is 0 Å². The van der Waals surface area contributed by atoms with Crippen LogP contribution in [0.3, 0.4) is 0 Å². The fourth-order valence-electron chi connectivity index (χ4n) is 7.93. The van der Waals surface area contributed by atoms with Gasteiger partial charge in [-0.3, -0.25) is 4.79 Å². The number of benzene rings is 3. The second-order valence-corrected chi connectivity index (χ2v) is 17.9. The topological polar surface area (TPSA) is 119 Å². The highest BCUT2D eigenvalue weighted by Crippen LogP contribution is 2.50. The van der Waals surface area contributed by atoms with Crippen LogP contribution in [0.5, 0.6) is 0 Å². The number of ketones is 1. The maximum absolute atomic E-state index is 15.8. The van der Waals surface area contributed by atoms with Gasteiger partial charge in [0, 0.05) is 56.6 Å². The van der Waals surface area contributed by atoms with Crippen LogP contribution in [0.15, 0.2) is 77.7 Å². The van der Waals surface area contributed by atoms with Gasteiger partial charge >= 0.3 is 6.09 Å². The largest absolute Gasteiger partial charge is 0.444 e. The molecule has 53 heavy (non-hydrogen) atoms. The summed E-state index contributed by atoms with van der Waals surface area (Å²) in [6.07, 6.45) is 2.62. The van der Waals surface area contributed by atoms with Gasteiger partial charge in [-0.2, -0.15) is 4.31 Å². The summed E-state index contributed by atoms with van der Waals surface area (Å²) in [6.45, 7) is 7.11. The summed E-state index contributed by atoms with van der Waals surface area (Å²) in [4.78, 5) is 29.3. The van der Waals surface area contributed by atoms with Crippen molar-refractivity contribution in [1.29, 1.82) is 0 Å². The van der Waals surface area contributed by atoms with E-state index in [1.807, 2.05) is 0 Å². The van der Waals surface area contributed by atoms with Crippen molar-refractivity contribution in [3.63, 3.8) is 0 Å². The molecule has 0 unspecified atom stereocenters. The SMILES string of the molecule is CC(C)(C)OC(=O)N1C[C@H](CCc2c(F)cccc2CC(=O)[C@@H](N)[C@@H](c2ccc(F)cc2)C2CCOCC2)N(S(=O)(=O)c2ccccc2)CC2(CC2)C1. The Hall–Kier alpha value is -3.71. The summed E-state index contributed by atoms with van der Waals surface area (Å²) in [5.41, 5.74) is 7.16. The summed E-state index contributed by atoms with van der Waals surface area (Å²) >= 11 is 0. The molecule has 3 aromatic carbocycles. The Balaban J connectivity index is 1.27. The Kier molecular flexibility index (Phi) is 11.7. The molecular formula is C41H51F2N3O6S. The van der Waals surface area contributed by atoms with E-state index in [1.165, 1.54) is 22.5 Å². The van der Waals surface area contributed by atoms with Crippen LogP contribution in [0.4, 0.5) is 13.6 Å². The number of carbonyl (C=O) groups excluding carboxylic acids is 2. The lowest BCUT2D eigenvalue weighted by molar-refractivity contribution is -0.120. The van der Waals surface area contributed by atoms with E-state index in [2.05, 4.69) is 0 Å². The molecular weight excluding hydrogens is 701 g/mol. The normalized spacial score (nSPS) is 20.8. The molecule has 2 heterocycles. The second kappa shape index (κ2) is 15.9. The monoisotopic (exact) mass is 751 g/mol. The van der Waals surface area contributed by atoms with Gasteiger partial charge in [-0.1, -0.05) is 42.5 Å². The highest BCUT2D eigenvalue weighted by atomic mass is 32.2. The number of nitrogens with zero attached hydrogens (tertiary/aromatic N) is 2. The summed E-state index contributed by atoms with van der Waals surface area (Å²) in [5, 5.41) is 0. The quantitative estimate of drug-likeness (QED) is 0.234. The predicted octanol–water partition coefficient (Wildman–Crippen LogP) is 6.64. The van der Waals surface area contributed by atoms with Gasteiger partial charge in [0.2, 0.25) is 10.0 Å². The first-order valence-corrected chi connectivity index (χ1v) is 20.0. The summed E-state index contributed by atoms with van der Waals surface area (Å²) in [5.74, 6) is -1.48. The maximum Gasteiger partial charge on any atom is 0.410 e. The first-order chi connectivity index (χ1) is 25.2. The Morgan fingerprint density at radius 2 is 1.64 bits per heavy atom. The smallest absolute Gasteiger partial charge is 0.410 e. The molecule has 286 valence electrons. The molecule has 1 amide bonds. The molecule has 0 aromatic heterocycles. The third kappa shape index (κ3) is 9.33. The lowest BCUT2D eigenvalue weighted by atomic mass is 9.75. The minimum absolute atomic E-state index is 0.0515. The second-order valence-electron chi connectivity index (χ2n) is 16.0. The van der Waals surface area contributed by atoms with Crippen molar-refractivity contribution in [1.82, 2.24) is 9.21 Å². The van der Waals surface area contributed by atoms with Crippen molar-refractivity contribution >= 4 is 21.9 Å². The van der Waals surface area contributed by atoms with Crippen molar-refractivity contribution in [2.45, 2.75) is 94.2 Å². The number of carbonyl (C=O) groups is 2. The molecule has 1 spiro atoms. The number of ether oxygens (including phenoxy) is 2. The molecule has 3 aromatic rings. The van der Waals surface area contributed by atoms with Gasteiger partial charge in [-0.15, -0.1) is 0 Å². The minimum atomic E-state index is -4.00. The lowest BCUT2D eigenvalue weighted by Crippen LogP contribution is -2.46. The molecule has 0 bridgehead atoms. The van der Waals surface area contributed by atoms with E-state index in [1.54, 1.807) is 80.3 Å². The van der Waals surface area contributed by atoms with Crippen molar-refractivity contribution in [3.05, 3.63) is 101 Å². The van der Waals surface area contributed by atoms with Crippen LogP contribution < -0.4 is 5.73 Å². The van der Waals surface area contributed by atoms with Crippen LogP contribution in [-0.4, -0.2) is 80.0 Å². The molecule has 1 aliphatic carbocycles. The Labute approximate surface area is 311 Å². The molecule has 2 aliphatic heterocycles. The highest BCUT2D eigenvalue weighted by molar-refractivity contribution is 7.89. The molecule has 9 nitrogen and oxygen atoms in total. The van der Waals surface area contributed by atoms with Crippen LogP contribution in [0.2, 0.25) is 0 Å². The van der Waals surface area contributed by atoms with E-state index in [4.69, 9.17) is 15.2 Å². The van der Waals surface area contributed by atoms with Gasteiger partial charge in [-0.05, 0) is 112 Å². The van der Waals surface area contributed by atoms with E-state index >= 15 is 4.39 Å². The molecule has 12 heteroatoms. The molecule has 1 saturated carbocycles. The zero-order chi connectivity index (χ0) is 38.0. The zero-order valence-corrected chi connectivity index (χ0v) is 31.6. The van der Waals surface area contributed by atoms with Crippen molar-refractivity contribution in [2.75, 3.05) is 32.8 Å². The Bertz CT molecular complexity index is 1860. The van der Waals surface area contributed by atoms with Crippen LogP contribution in [0, 0.1) is 23.0 Å². The lowest BCUT2D eigenvalue weighted by Gasteiger charge is -2.34. The minimum Gasteiger partial charge on any atom is -0.444 e. The van der Waals surface area contributed by atoms with Gasteiger partial charge < -0.3 is 20.1 Å². The first-order valence-electron chi connectivity index (χ1n) is 18.6. The molecule has 6 rings (SSSR count). The van der Waals surface area contributed by atoms with Gasteiger partial charge in [0.1, 0.15) is 17.2 Å². The molecule has 3 fully saturated rings. The van der Waals surface area contributed by atoms with E-state index in [0.717, 1.165) is 18.4 Å². The van der Waals surface area contributed by atoms with E-state index in [-0.39, 0.29) is 60.7 Å². The van der Waals surface area contributed by atoms with Crippen LogP contribution in [-0.2, 0) is 37.1 Å². The maximum atomic E-state index is 15.8. The molecule has 3 atom stereocenters. The third-order valence-electron chi connectivity index (χ3n) is 10.9. The van der Waals surface area contributed by atoms with E-state index < -0.39 is 45.0 Å². The fourth-order valence-corrected chi connectivity index (χ4v) is 9.71. The predicted molar refractivity (Wildman–Crippen MR) is 198 cm³/mol. The van der Waals surface area contributed by atoms with Gasteiger partial charge in [0.25, 0.3) is 0 Å². The number of hydrogen-bond donors (Lipinski definition) is 1. The van der Waals surface area contributed by atoms with Crippen LogP contribution in [0.1, 0.15) is 75.5 Å². The Morgan fingerprint density at radius 3 is 2.28 bits per heavy atom. The highest BCUT2D eigenvalue weighted by Gasteiger charge is 2.52. The van der Waals surface area contributed by atoms with Gasteiger partial charge in [-0.25, -0.2) is 22.0 Å². The Morgan fingerprint density at radius 1 is 0.962 bits per heavy atom. The number of Topliss-reactive ketones (excluding diaryl/α,β-unsaturated/α-hetero) is 1. The number of nitrogens with two attached hydrogens (primary N) is 1. The van der Waals surface area contributed by atoms with Crippen LogP contribution >= 0.6 is 0 Å². The molecule has 2 saturated heterocycles. The number of sulfonamides is 1. The zero-order valence-electron chi connectivity index (χ0n) is 30.8. The van der Waals surface area contributed by atoms with Gasteiger partial charge in [0.05, 0.1) is 10.9 Å². The summed E-state index contributed by atoms with van der Waals surface area (Å²) in [7, 11) is -4.00. The average Bonchev–Trinajstić information content (AvgIpc) is 3.92. The molecule has 3 aliphatic rings. The first kappa shape index (κ1) is 39.0. The van der Waals surface area contributed by atoms with Crippen molar-refractivity contribution in [3.8, 4) is 0 Å². The van der Waals surface area contributed by atoms with E-state index in [9.17, 15) is 22.4 Å². The summed E-state index contributed by atoms with van der Waals surface area (Å²) in [6, 6.07) is 17.3. The summed E-state index contributed by atoms with van der Waals surface area (Å²) < 4.78 is 71.1. The molecule has 0 radical (unpaired) electrons. The fraction of sp³-hybridized carbons (Fsp3) is 0.512. The third-order valence-corrected chi connectivity index (χ3v) is 12.8. The van der Waals surface area contributed by atoms with Crippen molar-refractivity contribution in [2.24, 2.45) is 17.1 Å². The molecule has 2 N–H and O–H groups in total. The van der Waals surface area contributed by atoms with Crippen molar-refractivity contribution < 1.29 is 36.3 Å². The number of halogens is 2. The number of hydrogen-bond acceptors (Lipinski definition) is 7. The van der Waals surface area contributed by atoms with Gasteiger partial charge in [0.15, 0.2) is 5.78 Å². The van der Waals surface area contributed by atoms with E-state index in [0.29, 0.717) is 43.7 Å². The average molecular weight is 752 g/mol. The number of rotatable bonds is 11.